The third-order valence-corrected chi connectivity index (χ3v) is 3.04. The lowest BCUT2D eigenvalue weighted by atomic mass is 10.2. The highest BCUT2D eigenvalue weighted by Gasteiger charge is 2.45. The van der Waals surface area contributed by atoms with E-state index < -0.39 is 0 Å². The molecule has 0 radical (unpaired) electrons. The van der Waals surface area contributed by atoms with E-state index in [2.05, 4.69) is 30.6 Å². The van der Waals surface area contributed by atoms with Crippen LogP contribution in [0.1, 0.15) is 26.7 Å². The van der Waals surface area contributed by atoms with Crippen molar-refractivity contribution in [2.24, 2.45) is 11.8 Å². The lowest BCUT2D eigenvalue weighted by molar-refractivity contribution is 0.276. The van der Waals surface area contributed by atoms with Crippen molar-refractivity contribution in [1.29, 1.82) is 0 Å². The molecule has 0 aromatic heterocycles. The van der Waals surface area contributed by atoms with Crippen molar-refractivity contribution >= 4 is 0 Å². The normalized spacial score (nSPS) is 35.2. The molecule has 2 fully saturated rings. The molecule has 1 nitrogen and oxygen atoms in total. The summed E-state index contributed by atoms with van der Waals surface area (Å²) in [6, 6.07) is 0.498. The van der Waals surface area contributed by atoms with Gasteiger partial charge in [-0.15, -0.1) is 5.92 Å². The van der Waals surface area contributed by atoms with E-state index in [0.717, 1.165) is 18.3 Å². The van der Waals surface area contributed by atoms with Gasteiger partial charge in [0.05, 0.1) is 6.04 Å². The second kappa shape index (κ2) is 3.11. The van der Waals surface area contributed by atoms with Crippen LogP contribution in [0.5, 0.6) is 0 Å². The Balaban J connectivity index is 1.84. The van der Waals surface area contributed by atoms with Crippen molar-refractivity contribution in [2.75, 3.05) is 13.1 Å². The van der Waals surface area contributed by atoms with E-state index in [9.17, 15) is 0 Å². The highest BCUT2D eigenvalue weighted by atomic mass is 15.2. The summed E-state index contributed by atoms with van der Waals surface area (Å²) in [4.78, 5) is 2.53. The van der Waals surface area contributed by atoms with E-state index in [1.54, 1.807) is 0 Å². The van der Waals surface area contributed by atoms with Crippen LogP contribution in [0.25, 0.3) is 0 Å². The molecule has 0 aromatic rings. The first kappa shape index (κ1) is 8.13. The van der Waals surface area contributed by atoms with Crippen LogP contribution in [-0.4, -0.2) is 24.0 Å². The maximum Gasteiger partial charge on any atom is 0.0686 e. The Morgan fingerprint density at radius 2 is 2.08 bits per heavy atom. The molecule has 1 saturated heterocycles. The summed E-state index contributed by atoms with van der Waals surface area (Å²) in [7, 11) is 0. The van der Waals surface area contributed by atoms with Gasteiger partial charge in [0, 0.05) is 19.5 Å². The first-order valence-corrected chi connectivity index (χ1v) is 5.03. The van der Waals surface area contributed by atoms with Crippen LogP contribution in [0.15, 0.2) is 0 Å². The molecule has 0 N–H and O–H groups in total. The Labute approximate surface area is 75.1 Å². The summed E-state index contributed by atoms with van der Waals surface area (Å²) in [5.41, 5.74) is 0. The molecule has 1 saturated carbocycles. The molecule has 1 aliphatic heterocycles. The first-order chi connectivity index (χ1) is 5.81. The Kier molecular flexibility index (Phi) is 2.11. The van der Waals surface area contributed by atoms with Gasteiger partial charge >= 0.3 is 0 Å². The van der Waals surface area contributed by atoms with E-state index in [4.69, 9.17) is 0 Å². The molecule has 0 spiro atoms. The van der Waals surface area contributed by atoms with Gasteiger partial charge in [0.2, 0.25) is 0 Å². The number of hydrogen-bond donors (Lipinski definition) is 0. The maximum atomic E-state index is 3.29. The monoisotopic (exact) mass is 163 g/mol. The molecule has 1 heteroatoms. The minimum absolute atomic E-state index is 0.498. The maximum absolute atomic E-state index is 3.29. The van der Waals surface area contributed by atoms with E-state index in [1.165, 1.54) is 19.5 Å². The summed E-state index contributed by atoms with van der Waals surface area (Å²) >= 11 is 0. The fourth-order valence-corrected chi connectivity index (χ4v) is 2.09. The average Bonchev–Trinajstić information content (AvgIpc) is 2.69. The molecule has 2 aliphatic rings. The third-order valence-electron chi connectivity index (χ3n) is 3.04. The predicted octanol–water partition coefficient (Wildman–Crippen LogP) is 1.74. The van der Waals surface area contributed by atoms with Crippen molar-refractivity contribution in [3.05, 3.63) is 0 Å². The molecular weight excluding hydrogens is 146 g/mol. The number of nitrogens with zero attached hydrogens (tertiary/aromatic N) is 1. The number of hydrogen-bond acceptors (Lipinski definition) is 1. The summed E-state index contributed by atoms with van der Waals surface area (Å²) in [5, 5.41) is 0. The van der Waals surface area contributed by atoms with Crippen molar-refractivity contribution in [2.45, 2.75) is 32.7 Å². The molecule has 2 unspecified atom stereocenters. The molecule has 66 valence electrons. The zero-order valence-corrected chi connectivity index (χ0v) is 8.01. The van der Waals surface area contributed by atoms with E-state index in [-0.39, 0.29) is 0 Å². The van der Waals surface area contributed by atoms with Crippen LogP contribution in [0, 0.1) is 23.7 Å². The fraction of sp³-hybridized carbons (Fsp3) is 0.818. The van der Waals surface area contributed by atoms with Crippen molar-refractivity contribution in [1.82, 2.24) is 4.90 Å². The van der Waals surface area contributed by atoms with E-state index >= 15 is 0 Å². The smallest absolute Gasteiger partial charge is 0.0686 e. The van der Waals surface area contributed by atoms with Crippen LogP contribution >= 0.6 is 0 Å². The number of likely N-dealkylation sites (tertiary alicyclic amines) is 1. The summed E-state index contributed by atoms with van der Waals surface area (Å²) in [6.07, 6.45) is 2.48. The molecule has 3 atom stereocenters. The van der Waals surface area contributed by atoms with Crippen molar-refractivity contribution < 1.29 is 0 Å². The summed E-state index contributed by atoms with van der Waals surface area (Å²) < 4.78 is 0. The van der Waals surface area contributed by atoms with E-state index in [0.29, 0.717) is 6.04 Å². The van der Waals surface area contributed by atoms with E-state index in [1.807, 2.05) is 0 Å². The zero-order valence-electron chi connectivity index (χ0n) is 8.01. The van der Waals surface area contributed by atoms with Gasteiger partial charge in [0.25, 0.3) is 0 Å². The van der Waals surface area contributed by atoms with Crippen LogP contribution in [0.3, 0.4) is 0 Å². The van der Waals surface area contributed by atoms with Crippen LogP contribution in [0.4, 0.5) is 0 Å². The van der Waals surface area contributed by atoms with Crippen molar-refractivity contribution in [3.8, 4) is 11.8 Å². The van der Waals surface area contributed by atoms with Crippen LogP contribution in [0.2, 0.25) is 0 Å². The number of fused-ring (bicyclic) bond motifs is 1. The third kappa shape index (κ3) is 1.49. The van der Waals surface area contributed by atoms with Gasteiger partial charge in [0.15, 0.2) is 0 Å². The lowest BCUT2D eigenvalue weighted by Crippen LogP contribution is -2.31. The van der Waals surface area contributed by atoms with Gasteiger partial charge in [-0.2, -0.15) is 0 Å². The quantitative estimate of drug-likeness (QED) is 0.532. The molecule has 0 amide bonds. The molecule has 0 bridgehead atoms. The van der Waals surface area contributed by atoms with Crippen LogP contribution in [-0.2, 0) is 0 Å². The summed E-state index contributed by atoms with van der Waals surface area (Å²) in [6.45, 7) is 6.96. The Morgan fingerprint density at radius 3 is 2.67 bits per heavy atom. The first-order valence-electron chi connectivity index (χ1n) is 5.03. The standard InChI is InChI=1S/C11H17N/c1-3-4-5-9(2)12-7-10-6-11(10)8-12/h9-11H,3,6-8H2,1-2H3/t9-,10?,11?/m0/s1. The second-order valence-electron chi connectivity index (χ2n) is 4.06. The SMILES string of the molecule is CCC#C[C@H](C)N1CC2CC2C1. The van der Waals surface area contributed by atoms with Gasteiger partial charge in [-0.05, 0) is 25.2 Å². The molecular formula is C11H17N. The number of rotatable bonds is 1. The van der Waals surface area contributed by atoms with Gasteiger partial charge in [-0.1, -0.05) is 12.8 Å². The highest BCUT2D eigenvalue weighted by Crippen LogP contribution is 2.45. The largest absolute Gasteiger partial charge is 0.289 e. The van der Waals surface area contributed by atoms with Crippen LogP contribution < -0.4 is 0 Å². The van der Waals surface area contributed by atoms with Gasteiger partial charge in [-0.25, -0.2) is 0 Å². The zero-order chi connectivity index (χ0) is 8.55. The topological polar surface area (TPSA) is 3.24 Å². The minimum Gasteiger partial charge on any atom is -0.289 e. The molecule has 1 heterocycles. The minimum atomic E-state index is 0.498. The highest BCUT2D eigenvalue weighted by molar-refractivity contribution is 5.09. The second-order valence-corrected chi connectivity index (χ2v) is 4.06. The summed E-state index contributed by atoms with van der Waals surface area (Å²) in [5.74, 6) is 8.53. The molecule has 0 aromatic carbocycles. The predicted molar refractivity (Wildman–Crippen MR) is 50.7 cm³/mol. The molecule has 2 rings (SSSR count). The Bertz CT molecular complexity index is 213. The molecule has 1 aliphatic carbocycles. The fourth-order valence-electron chi connectivity index (χ4n) is 2.09. The van der Waals surface area contributed by atoms with Gasteiger partial charge in [0.1, 0.15) is 0 Å². The number of piperidine rings is 1. The lowest BCUT2D eigenvalue weighted by Gasteiger charge is -2.20. The Morgan fingerprint density at radius 1 is 1.42 bits per heavy atom. The Hall–Kier alpha value is -0.480. The van der Waals surface area contributed by atoms with Gasteiger partial charge < -0.3 is 0 Å². The van der Waals surface area contributed by atoms with Crippen molar-refractivity contribution in [3.63, 3.8) is 0 Å². The van der Waals surface area contributed by atoms with Gasteiger partial charge in [-0.3, -0.25) is 4.90 Å². The molecule has 12 heavy (non-hydrogen) atoms. The average molecular weight is 163 g/mol.